The predicted octanol–water partition coefficient (Wildman–Crippen LogP) is 1.73. The summed E-state index contributed by atoms with van der Waals surface area (Å²) >= 11 is 0. The van der Waals surface area contributed by atoms with Crippen LogP contribution in [0.25, 0.3) is 0 Å². The largest absolute Gasteiger partial charge is 0.304 e. The molecule has 1 aliphatic heterocycles. The summed E-state index contributed by atoms with van der Waals surface area (Å²) < 4.78 is 16.3. The maximum atomic E-state index is 14.5. The van der Waals surface area contributed by atoms with Gasteiger partial charge in [0, 0.05) is 31.7 Å². The Hall–Kier alpha value is -1.86. The smallest absolute Gasteiger partial charge is 0.173 e. The molecule has 7 heteroatoms. The van der Waals surface area contributed by atoms with Gasteiger partial charge in [0.05, 0.1) is 6.04 Å². The number of halogens is 1. The monoisotopic (exact) mass is 318 g/mol. The zero-order valence-corrected chi connectivity index (χ0v) is 13.9. The predicted molar refractivity (Wildman–Crippen MR) is 85.5 cm³/mol. The first-order valence-corrected chi connectivity index (χ1v) is 8.02. The topological polar surface area (TPSA) is 50.1 Å². The third-order valence-electron chi connectivity index (χ3n) is 4.35. The molecule has 0 amide bonds. The van der Waals surface area contributed by atoms with Gasteiger partial charge in [-0.2, -0.15) is 0 Å². The average Bonchev–Trinajstić information content (AvgIpc) is 3.01. The molecule has 3 rings (SSSR count). The molecule has 0 radical (unpaired) electrons. The maximum Gasteiger partial charge on any atom is 0.173 e. The molecule has 23 heavy (non-hydrogen) atoms. The summed E-state index contributed by atoms with van der Waals surface area (Å²) in [7, 11) is 2.10. The van der Waals surface area contributed by atoms with E-state index in [2.05, 4.69) is 32.4 Å². The van der Waals surface area contributed by atoms with Crippen LogP contribution in [0, 0.1) is 5.82 Å². The molecule has 0 N–H and O–H groups in total. The van der Waals surface area contributed by atoms with Crippen molar-refractivity contribution in [2.75, 3.05) is 33.2 Å². The maximum absolute atomic E-state index is 14.5. The summed E-state index contributed by atoms with van der Waals surface area (Å²) in [6.07, 6.45) is 0. The first kappa shape index (κ1) is 16.0. The lowest BCUT2D eigenvalue weighted by Gasteiger charge is -2.37. The van der Waals surface area contributed by atoms with Gasteiger partial charge in [-0.1, -0.05) is 18.2 Å². The molecule has 6 nitrogen and oxygen atoms in total. The van der Waals surface area contributed by atoms with Crippen LogP contribution in [-0.2, 0) is 0 Å². The number of likely N-dealkylation sites (N-methyl/N-ethyl adjacent to an activating group) is 1. The molecule has 0 unspecified atom stereocenters. The van der Waals surface area contributed by atoms with Crippen LogP contribution >= 0.6 is 0 Å². The lowest BCUT2D eigenvalue weighted by Crippen LogP contribution is -2.47. The molecule has 0 aliphatic carbocycles. The lowest BCUT2D eigenvalue weighted by molar-refractivity contribution is 0.119. The molecule has 0 bridgehead atoms. The van der Waals surface area contributed by atoms with Gasteiger partial charge in [0.1, 0.15) is 11.9 Å². The van der Waals surface area contributed by atoms with E-state index in [1.54, 1.807) is 10.7 Å². The molecule has 1 saturated heterocycles. The van der Waals surface area contributed by atoms with Gasteiger partial charge in [0.2, 0.25) is 0 Å². The van der Waals surface area contributed by atoms with E-state index in [9.17, 15) is 4.39 Å². The Labute approximate surface area is 135 Å². The van der Waals surface area contributed by atoms with E-state index in [-0.39, 0.29) is 17.9 Å². The Bertz CT molecular complexity index is 648. The summed E-state index contributed by atoms with van der Waals surface area (Å²) in [4.78, 5) is 4.54. The van der Waals surface area contributed by atoms with Gasteiger partial charge in [-0.25, -0.2) is 9.07 Å². The van der Waals surface area contributed by atoms with Gasteiger partial charge in [-0.15, -0.1) is 5.10 Å². The number of aromatic nitrogens is 4. The van der Waals surface area contributed by atoms with Gasteiger partial charge in [-0.05, 0) is 37.4 Å². The van der Waals surface area contributed by atoms with Crippen molar-refractivity contribution in [1.82, 2.24) is 30.0 Å². The molecule has 0 spiro atoms. The zero-order chi connectivity index (χ0) is 16.4. The first-order valence-electron chi connectivity index (χ1n) is 8.02. The van der Waals surface area contributed by atoms with E-state index in [1.807, 2.05) is 26.0 Å². The van der Waals surface area contributed by atoms with Crippen molar-refractivity contribution in [2.45, 2.75) is 25.9 Å². The van der Waals surface area contributed by atoms with Crippen LogP contribution in [0.4, 0.5) is 4.39 Å². The summed E-state index contributed by atoms with van der Waals surface area (Å²) in [6, 6.07) is 6.78. The Morgan fingerprint density at radius 3 is 2.43 bits per heavy atom. The van der Waals surface area contributed by atoms with Gasteiger partial charge in [0.25, 0.3) is 0 Å². The average molecular weight is 318 g/mol. The van der Waals surface area contributed by atoms with Crippen LogP contribution in [0.1, 0.15) is 37.3 Å². The van der Waals surface area contributed by atoms with Crippen LogP contribution < -0.4 is 0 Å². The third kappa shape index (κ3) is 3.25. The Morgan fingerprint density at radius 2 is 1.78 bits per heavy atom. The molecule has 1 fully saturated rings. The van der Waals surface area contributed by atoms with Gasteiger partial charge in [-0.3, -0.25) is 4.90 Å². The van der Waals surface area contributed by atoms with Crippen LogP contribution in [0.3, 0.4) is 0 Å². The SMILES string of the molecule is CC(C)n1nnnc1[C@H](c1ccccc1F)N1CCN(C)CC1. The molecule has 1 atom stereocenters. The van der Waals surface area contributed by atoms with E-state index in [1.165, 1.54) is 6.07 Å². The first-order chi connectivity index (χ1) is 11.1. The summed E-state index contributed by atoms with van der Waals surface area (Å²) in [5.74, 6) is 0.490. The minimum absolute atomic E-state index is 0.127. The lowest BCUT2D eigenvalue weighted by atomic mass is 10.0. The highest BCUT2D eigenvalue weighted by Gasteiger charge is 2.32. The number of nitrogens with zero attached hydrogens (tertiary/aromatic N) is 6. The van der Waals surface area contributed by atoms with Crippen molar-refractivity contribution in [2.24, 2.45) is 0 Å². The Kier molecular flexibility index (Phi) is 4.68. The number of piperazine rings is 1. The molecule has 1 aliphatic rings. The van der Waals surface area contributed by atoms with Crippen LogP contribution in [0.5, 0.6) is 0 Å². The Morgan fingerprint density at radius 1 is 1.09 bits per heavy atom. The quantitative estimate of drug-likeness (QED) is 0.859. The van der Waals surface area contributed by atoms with Gasteiger partial charge < -0.3 is 4.90 Å². The standard InChI is InChI=1S/C16H23FN6/c1-12(2)23-16(18-19-20-23)15(13-6-4-5-7-14(13)17)22-10-8-21(3)9-11-22/h4-7,12,15H,8-11H2,1-3H3/t15-/m0/s1. The molecular weight excluding hydrogens is 295 g/mol. The second-order valence-corrected chi connectivity index (χ2v) is 6.34. The number of tetrazole rings is 1. The highest BCUT2D eigenvalue weighted by atomic mass is 19.1. The van der Waals surface area contributed by atoms with Crippen molar-refractivity contribution in [3.8, 4) is 0 Å². The second-order valence-electron chi connectivity index (χ2n) is 6.34. The minimum atomic E-state index is -0.262. The molecule has 0 saturated carbocycles. The van der Waals surface area contributed by atoms with Gasteiger partial charge in [0.15, 0.2) is 5.82 Å². The highest BCUT2D eigenvalue weighted by molar-refractivity contribution is 5.26. The van der Waals surface area contributed by atoms with Crippen molar-refractivity contribution < 1.29 is 4.39 Å². The van der Waals surface area contributed by atoms with Crippen molar-refractivity contribution in [3.63, 3.8) is 0 Å². The van der Waals surface area contributed by atoms with Crippen molar-refractivity contribution in [3.05, 3.63) is 41.5 Å². The van der Waals surface area contributed by atoms with E-state index < -0.39 is 0 Å². The van der Waals surface area contributed by atoms with E-state index in [0.29, 0.717) is 11.4 Å². The number of hydrogen-bond donors (Lipinski definition) is 0. The molecule has 1 aromatic heterocycles. The molecule has 2 heterocycles. The van der Waals surface area contributed by atoms with Crippen LogP contribution in [-0.4, -0.2) is 63.2 Å². The van der Waals surface area contributed by atoms with Crippen molar-refractivity contribution in [1.29, 1.82) is 0 Å². The fourth-order valence-electron chi connectivity index (χ4n) is 3.02. The van der Waals surface area contributed by atoms with Gasteiger partial charge >= 0.3 is 0 Å². The number of hydrogen-bond acceptors (Lipinski definition) is 5. The molecule has 2 aromatic rings. The second kappa shape index (κ2) is 6.72. The highest BCUT2D eigenvalue weighted by Crippen LogP contribution is 2.30. The fourth-order valence-corrected chi connectivity index (χ4v) is 3.02. The number of rotatable bonds is 4. The fraction of sp³-hybridized carbons (Fsp3) is 0.562. The molecule has 124 valence electrons. The molecule has 1 aromatic carbocycles. The third-order valence-corrected chi connectivity index (χ3v) is 4.35. The van der Waals surface area contributed by atoms with Crippen LogP contribution in [0.15, 0.2) is 24.3 Å². The zero-order valence-electron chi connectivity index (χ0n) is 13.9. The minimum Gasteiger partial charge on any atom is -0.304 e. The molecular formula is C16H23FN6. The van der Waals surface area contributed by atoms with Crippen molar-refractivity contribution >= 4 is 0 Å². The summed E-state index contributed by atoms with van der Waals surface area (Å²) in [5.41, 5.74) is 0.633. The summed E-state index contributed by atoms with van der Waals surface area (Å²) in [6.45, 7) is 7.69. The van der Waals surface area contributed by atoms with Crippen LogP contribution in [0.2, 0.25) is 0 Å². The number of benzene rings is 1. The van der Waals surface area contributed by atoms with E-state index >= 15 is 0 Å². The summed E-state index contributed by atoms with van der Waals surface area (Å²) in [5, 5.41) is 12.2. The Balaban J connectivity index is 2.03. The van der Waals surface area contributed by atoms with E-state index in [0.717, 1.165) is 26.2 Å². The normalized spacial score (nSPS) is 18.5. The van der Waals surface area contributed by atoms with E-state index in [4.69, 9.17) is 0 Å².